The molecule has 0 N–H and O–H groups in total. The van der Waals surface area contributed by atoms with Crippen molar-refractivity contribution in [2.45, 2.75) is 25.7 Å². The fourth-order valence-electron chi connectivity index (χ4n) is 3.31. The van der Waals surface area contributed by atoms with Gasteiger partial charge in [0.05, 0.1) is 4.90 Å². The lowest BCUT2D eigenvalue weighted by Crippen LogP contribution is -2.28. The molecular weight excluding hydrogens is 397 g/mol. The average molecular weight is 420 g/mol. The highest BCUT2D eigenvalue weighted by molar-refractivity contribution is 7.89. The molecule has 0 unspecified atom stereocenters. The van der Waals surface area contributed by atoms with Gasteiger partial charge in [-0.25, -0.2) is 12.8 Å². The molecule has 3 nitrogen and oxygen atoms in total. The van der Waals surface area contributed by atoms with Gasteiger partial charge in [0.25, 0.3) is 0 Å². The second-order valence-electron chi connectivity index (χ2n) is 7.31. The van der Waals surface area contributed by atoms with Crippen LogP contribution >= 0.6 is 11.6 Å². The predicted octanol–water partition coefficient (Wildman–Crippen LogP) is 5.62. The van der Waals surface area contributed by atoms with E-state index in [9.17, 15) is 8.42 Å². The molecule has 1 aliphatic rings. The van der Waals surface area contributed by atoms with Gasteiger partial charge >= 0.3 is 0 Å². The van der Waals surface area contributed by atoms with Crippen molar-refractivity contribution in [2.75, 3.05) is 13.1 Å². The van der Waals surface area contributed by atoms with Crippen molar-refractivity contribution < 1.29 is 12.8 Å². The molecule has 0 aliphatic carbocycles. The standard InChI is InChI=1S/C22H23ClFNO2S/c1-15(2)12-18-13-25(28(26,27)20-10-4-16(3)5-11-20)14-21(18)22(24)17-6-8-19(23)9-7-17/h4-12,18H,13-14H2,1-3H3/b22-21+/t18-/m1/s1. The van der Waals surface area contributed by atoms with Gasteiger partial charge in [-0.05, 0) is 50.6 Å². The predicted molar refractivity (Wildman–Crippen MR) is 112 cm³/mol. The molecule has 1 fully saturated rings. The van der Waals surface area contributed by atoms with E-state index in [0.29, 0.717) is 16.2 Å². The summed E-state index contributed by atoms with van der Waals surface area (Å²) < 4.78 is 42.8. The highest BCUT2D eigenvalue weighted by atomic mass is 35.5. The van der Waals surface area contributed by atoms with E-state index >= 15 is 4.39 Å². The van der Waals surface area contributed by atoms with Crippen LogP contribution in [0.15, 0.2) is 70.6 Å². The zero-order valence-corrected chi connectivity index (χ0v) is 17.7. The molecule has 28 heavy (non-hydrogen) atoms. The van der Waals surface area contributed by atoms with Crippen LogP contribution in [0.25, 0.3) is 5.83 Å². The number of allylic oxidation sites excluding steroid dienone is 1. The Labute approximate surface area is 171 Å². The molecule has 6 heteroatoms. The van der Waals surface area contributed by atoms with E-state index in [-0.39, 0.29) is 29.7 Å². The first-order valence-corrected chi connectivity index (χ1v) is 10.9. The zero-order chi connectivity index (χ0) is 20.5. The highest BCUT2D eigenvalue weighted by Gasteiger charge is 2.36. The summed E-state index contributed by atoms with van der Waals surface area (Å²) in [6.07, 6.45) is 1.93. The molecule has 0 saturated carbocycles. The van der Waals surface area contributed by atoms with E-state index in [4.69, 9.17) is 11.6 Å². The highest BCUT2D eigenvalue weighted by Crippen LogP contribution is 2.36. The number of aryl methyl sites for hydroxylation is 1. The third-order valence-electron chi connectivity index (χ3n) is 4.77. The van der Waals surface area contributed by atoms with E-state index in [1.54, 1.807) is 48.5 Å². The van der Waals surface area contributed by atoms with Gasteiger partial charge in [0, 0.05) is 29.6 Å². The summed E-state index contributed by atoms with van der Waals surface area (Å²) in [5.41, 5.74) is 2.87. The van der Waals surface area contributed by atoms with Gasteiger partial charge in [0.15, 0.2) is 0 Å². The van der Waals surface area contributed by atoms with E-state index < -0.39 is 10.0 Å². The van der Waals surface area contributed by atoms with Gasteiger partial charge in [0.1, 0.15) is 5.83 Å². The van der Waals surface area contributed by atoms with Crippen molar-refractivity contribution in [1.29, 1.82) is 0 Å². The van der Waals surface area contributed by atoms with Gasteiger partial charge in [0.2, 0.25) is 10.0 Å². The maximum atomic E-state index is 15.3. The number of halogens is 2. The van der Waals surface area contributed by atoms with Crippen LogP contribution in [0.4, 0.5) is 4.39 Å². The van der Waals surface area contributed by atoms with Crippen molar-refractivity contribution in [3.05, 3.63) is 81.9 Å². The van der Waals surface area contributed by atoms with Crippen LogP contribution < -0.4 is 0 Å². The zero-order valence-electron chi connectivity index (χ0n) is 16.1. The lowest BCUT2D eigenvalue weighted by atomic mass is 9.97. The molecule has 0 amide bonds. The minimum absolute atomic E-state index is 0.0269. The van der Waals surface area contributed by atoms with Crippen LogP contribution in [0, 0.1) is 12.8 Å². The maximum absolute atomic E-state index is 15.3. The summed E-state index contributed by atoms with van der Waals surface area (Å²) in [4.78, 5) is 0.224. The lowest BCUT2D eigenvalue weighted by molar-refractivity contribution is 0.471. The van der Waals surface area contributed by atoms with Crippen molar-refractivity contribution >= 4 is 27.5 Å². The van der Waals surface area contributed by atoms with Crippen molar-refractivity contribution in [1.82, 2.24) is 4.31 Å². The molecule has 0 aromatic heterocycles. The normalized spacial score (nSPS) is 19.5. The Morgan fingerprint density at radius 1 is 1.11 bits per heavy atom. The molecule has 2 aromatic rings. The molecule has 1 atom stereocenters. The molecular formula is C22H23ClFNO2S. The second-order valence-corrected chi connectivity index (χ2v) is 9.68. The van der Waals surface area contributed by atoms with Gasteiger partial charge in [-0.3, -0.25) is 0 Å². The molecule has 0 bridgehead atoms. The summed E-state index contributed by atoms with van der Waals surface area (Å²) in [5.74, 6) is -0.693. The third kappa shape index (κ3) is 4.37. The smallest absolute Gasteiger partial charge is 0.207 e. The Bertz CT molecular complexity index is 1020. The largest absolute Gasteiger partial charge is 0.243 e. The summed E-state index contributed by atoms with van der Waals surface area (Å²) in [6, 6.07) is 13.2. The molecule has 0 spiro atoms. The van der Waals surface area contributed by atoms with E-state index in [2.05, 4.69) is 0 Å². The van der Waals surface area contributed by atoms with Crippen LogP contribution in [0.3, 0.4) is 0 Å². The number of nitrogens with zero attached hydrogens (tertiary/aromatic N) is 1. The van der Waals surface area contributed by atoms with Gasteiger partial charge in [-0.1, -0.05) is 53.1 Å². The molecule has 2 aromatic carbocycles. The number of hydrogen-bond acceptors (Lipinski definition) is 2. The number of hydrogen-bond donors (Lipinski definition) is 0. The number of sulfonamides is 1. The van der Waals surface area contributed by atoms with E-state index in [1.807, 2.05) is 26.8 Å². The average Bonchev–Trinajstić information content (AvgIpc) is 3.06. The Balaban J connectivity index is 2.01. The monoisotopic (exact) mass is 419 g/mol. The van der Waals surface area contributed by atoms with Crippen molar-refractivity contribution in [2.24, 2.45) is 5.92 Å². The Kier molecular flexibility index (Phi) is 6.08. The maximum Gasteiger partial charge on any atom is 0.243 e. The van der Waals surface area contributed by atoms with Crippen molar-refractivity contribution in [3.63, 3.8) is 0 Å². The first kappa shape index (κ1) is 20.8. The minimum atomic E-state index is -3.70. The molecule has 1 saturated heterocycles. The third-order valence-corrected chi connectivity index (χ3v) is 6.85. The van der Waals surface area contributed by atoms with Crippen LogP contribution in [0.2, 0.25) is 5.02 Å². The fourth-order valence-corrected chi connectivity index (χ4v) is 4.88. The van der Waals surface area contributed by atoms with Crippen LogP contribution in [0.5, 0.6) is 0 Å². The van der Waals surface area contributed by atoms with Gasteiger partial charge in [-0.15, -0.1) is 0 Å². The lowest BCUT2D eigenvalue weighted by Gasteiger charge is -2.15. The minimum Gasteiger partial charge on any atom is -0.207 e. The SMILES string of the molecule is CC(C)=C[C@@H]1CN(S(=O)(=O)c2ccc(C)cc2)C/C1=C(\F)c1ccc(Cl)cc1. The fraction of sp³-hybridized carbons (Fsp3) is 0.273. The first-order chi connectivity index (χ1) is 13.2. The van der Waals surface area contributed by atoms with Crippen LogP contribution in [-0.2, 0) is 10.0 Å². The first-order valence-electron chi connectivity index (χ1n) is 9.05. The molecule has 3 rings (SSSR count). The molecule has 1 aliphatic heterocycles. The van der Waals surface area contributed by atoms with E-state index in [1.165, 1.54) is 4.31 Å². The summed E-state index contributed by atoms with van der Waals surface area (Å²) >= 11 is 5.90. The number of benzene rings is 2. The van der Waals surface area contributed by atoms with Crippen LogP contribution in [0.1, 0.15) is 25.0 Å². The molecule has 1 heterocycles. The topological polar surface area (TPSA) is 37.4 Å². The Morgan fingerprint density at radius 2 is 1.71 bits per heavy atom. The van der Waals surface area contributed by atoms with Gasteiger partial charge in [-0.2, -0.15) is 4.31 Å². The quantitative estimate of drug-likeness (QED) is 0.603. The molecule has 148 valence electrons. The number of rotatable bonds is 4. The second kappa shape index (κ2) is 8.19. The van der Waals surface area contributed by atoms with Crippen molar-refractivity contribution in [3.8, 4) is 0 Å². The van der Waals surface area contributed by atoms with Gasteiger partial charge < -0.3 is 0 Å². The Morgan fingerprint density at radius 3 is 2.29 bits per heavy atom. The molecule has 0 radical (unpaired) electrons. The summed E-state index contributed by atoms with van der Waals surface area (Å²) in [7, 11) is -3.70. The van der Waals surface area contributed by atoms with E-state index in [0.717, 1.165) is 11.1 Å². The summed E-state index contributed by atoms with van der Waals surface area (Å²) in [5, 5.41) is 0.525. The summed E-state index contributed by atoms with van der Waals surface area (Å²) in [6.45, 7) is 6.00. The Hall–Kier alpha value is -1.95. The van der Waals surface area contributed by atoms with Crippen LogP contribution in [-0.4, -0.2) is 25.8 Å².